The molecule has 2 saturated heterocycles. The van der Waals surface area contributed by atoms with E-state index in [1.165, 1.54) is 11.8 Å². The number of sulfone groups is 1. The molecule has 29 heavy (non-hydrogen) atoms. The first-order chi connectivity index (χ1) is 13.9. The Hall–Kier alpha value is -1.91. The topological polar surface area (TPSA) is 96.6 Å². The van der Waals surface area contributed by atoms with Crippen molar-refractivity contribution in [3.8, 4) is 0 Å². The Labute approximate surface area is 174 Å². The molecule has 2 fully saturated rings. The number of nitrogens with zero attached hydrogens (tertiary/aromatic N) is 4. The predicted octanol–water partition coefficient (Wildman–Crippen LogP) is 1.62. The van der Waals surface area contributed by atoms with E-state index >= 15 is 0 Å². The summed E-state index contributed by atoms with van der Waals surface area (Å²) in [6.07, 6.45) is 2.38. The molecule has 0 saturated carbocycles. The zero-order valence-corrected chi connectivity index (χ0v) is 17.9. The van der Waals surface area contributed by atoms with Gasteiger partial charge in [-0.2, -0.15) is 0 Å². The smallest absolute Gasteiger partial charge is 0.256 e. The molecule has 8 nitrogen and oxygen atoms in total. The average molecular weight is 437 g/mol. The van der Waals surface area contributed by atoms with Crippen molar-refractivity contribution in [3.05, 3.63) is 41.4 Å². The van der Waals surface area contributed by atoms with Crippen molar-refractivity contribution in [1.82, 2.24) is 19.9 Å². The standard InChI is InChI=1S/C19H24N4O4S2/c1-14-11-15(21-27-14)12-28-18-17(3-2-5-20-18)19(24)23-8-6-22(7-9-23)16-4-10-29(25,26)13-16/h2-3,5,11,16H,4,6-10,12-13H2,1H3. The van der Waals surface area contributed by atoms with Gasteiger partial charge in [0.25, 0.3) is 5.91 Å². The number of hydrogen-bond acceptors (Lipinski definition) is 8. The van der Waals surface area contributed by atoms with Crippen molar-refractivity contribution in [2.45, 2.75) is 30.2 Å². The van der Waals surface area contributed by atoms with Crippen molar-refractivity contribution in [2.75, 3.05) is 37.7 Å². The highest BCUT2D eigenvalue weighted by Gasteiger charge is 2.34. The molecule has 0 bridgehead atoms. The summed E-state index contributed by atoms with van der Waals surface area (Å²) in [6.45, 7) is 4.44. The monoisotopic (exact) mass is 436 g/mol. The summed E-state index contributed by atoms with van der Waals surface area (Å²) in [7, 11) is -2.90. The third-order valence-corrected chi connectivity index (χ3v) is 8.15. The van der Waals surface area contributed by atoms with Gasteiger partial charge in [-0.05, 0) is 25.5 Å². The normalized spacial score (nSPS) is 22.1. The van der Waals surface area contributed by atoms with Gasteiger partial charge in [-0.25, -0.2) is 13.4 Å². The predicted molar refractivity (Wildman–Crippen MR) is 110 cm³/mol. The summed E-state index contributed by atoms with van der Waals surface area (Å²) in [4.78, 5) is 21.5. The zero-order valence-electron chi connectivity index (χ0n) is 16.3. The molecule has 10 heteroatoms. The molecule has 0 radical (unpaired) electrons. The molecular formula is C19H24N4O4S2. The summed E-state index contributed by atoms with van der Waals surface area (Å²) < 4.78 is 28.6. The Morgan fingerprint density at radius 3 is 2.76 bits per heavy atom. The van der Waals surface area contributed by atoms with Gasteiger partial charge < -0.3 is 9.42 Å². The quantitative estimate of drug-likeness (QED) is 0.653. The van der Waals surface area contributed by atoms with Crippen LogP contribution in [0.4, 0.5) is 0 Å². The maximum absolute atomic E-state index is 13.1. The van der Waals surface area contributed by atoms with Gasteiger partial charge in [0, 0.05) is 50.2 Å². The molecule has 156 valence electrons. The molecular weight excluding hydrogens is 412 g/mol. The minimum absolute atomic E-state index is 0.0318. The van der Waals surface area contributed by atoms with Gasteiger partial charge in [0.15, 0.2) is 9.84 Å². The van der Waals surface area contributed by atoms with E-state index in [2.05, 4.69) is 15.0 Å². The Morgan fingerprint density at radius 2 is 2.10 bits per heavy atom. The summed E-state index contributed by atoms with van der Waals surface area (Å²) >= 11 is 1.47. The van der Waals surface area contributed by atoms with Crippen LogP contribution in [0.15, 0.2) is 33.9 Å². The summed E-state index contributed by atoms with van der Waals surface area (Å²) in [5, 5.41) is 4.67. The SMILES string of the molecule is Cc1cc(CSc2ncccc2C(=O)N2CCN(C3CCS(=O)(=O)C3)CC2)no1. The van der Waals surface area contributed by atoms with E-state index in [0.717, 1.165) is 11.5 Å². The van der Waals surface area contributed by atoms with Crippen molar-refractivity contribution in [3.63, 3.8) is 0 Å². The molecule has 1 atom stereocenters. The average Bonchev–Trinajstić information content (AvgIpc) is 3.31. The number of rotatable bonds is 5. The van der Waals surface area contributed by atoms with Crippen LogP contribution in [0, 0.1) is 6.92 Å². The van der Waals surface area contributed by atoms with Gasteiger partial charge in [0.05, 0.1) is 22.8 Å². The van der Waals surface area contributed by atoms with Crippen LogP contribution in [0.2, 0.25) is 0 Å². The highest BCUT2D eigenvalue weighted by Crippen LogP contribution is 2.26. The fourth-order valence-corrected chi connectivity index (χ4v) is 6.45. The highest BCUT2D eigenvalue weighted by atomic mass is 32.2. The van der Waals surface area contributed by atoms with Gasteiger partial charge in [0.2, 0.25) is 0 Å². The molecule has 4 rings (SSSR count). The van der Waals surface area contributed by atoms with Crippen LogP contribution < -0.4 is 0 Å². The number of piperazine rings is 1. The number of thioether (sulfide) groups is 1. The molecule has 0 N–H and O–H groups in total. The number of carbonyl (C=O) groups excluding carboxylic acids is 1. The summed E-state index contributed by atoms with van der Waals surface area (Å²) in [6, 6.07) is 5.55. The van der Waals surface area contributed by atoms with Crippen LogP contribution in [0.5, 0.6) is 0 Å². The van der Waals surface area contributed by atoms with Crippen LogP contribution in [0.1, 0.15) is 28.2 Å². The molecule has 2 aliphatic heterocycles. The molecule has 0 spiro atoms. The van der Waals surface area contributed by atoms with E-state index < -0.39 is 9.84 Å². The fourth-order valence-electron chi connectivity index (χ4n) is 3.82. The minimum Gasteiger partial charge on any atom is -0.361 e. The van der Waals surface area contributed by atoms with Gasteiger partial charge in [-0.3, -0.25) is 9.69 Å². The lowest BCUT2D eigenvalue weighted by Gasteiger charge is -2.37. The molecule has 2 aromatic rings. The maximum atomic E-state index is 13.1. The maximum Gasteiger partial charge on any atom is 0.256 e. The second-order valence-corrected chi connectivity index (χ2v) is 10.7. The Bertz CT molecular complexity index is 984. The first-order valence-corrected chi connectivity index (χ1v) is 12.5. The lowest BCUT2D eigenvalue weighted by molar-refractivity contribution is 0.0584. The number of aryl methyl sites for hydroxylation is 1. The second kappa shape index (κ2) is 8.45. The van der Waals surface area contributed by atoms with E-state index in [1.54, 1.807) is 12.3 Å². The number of pyridine rings is 1. The van der Waals surface area contributed by atoms with Crippen LogP contribution in [0.3, 0.4) is 0 Å². The number of hydrogen-bond donors (Lipinski definition) is 0. The van der Waals surface area contributed by atoms with E-state index in [1.807, 2.05) is 24.0 Å². The number of carbonyl (C=O) groups is 1. The second-order valence-electron chi connectivity index (χ2n) is 7.46. The largest absolute Gasteiger partial charge is 0.361 e. The van der Waals surface area contributed by atoms with Crippen LogP contribution in [-0.2, 0) is 15.6 Å². The van der Waals surface area contributed by atoms with Crippen LogP contribution >= 0.6 is 11.8 Å². The Morgan fingerprint density at radius 1 is 1.31 bits per heavy atom. The van der Waals surface area contributed by atoms with Crippen molar-refractivity contribution < 1.29 is 17.7 Å². The highest BCUT2D eigenvalue weighted by molar-refractivity contribution is 7.98. The van der Waals surface area contributed by atoms with Crippen LogP contribution in [-0.4, -0.2) is 78.0 Å². The van der Waals surface area contributed by atoms with E-state index in [0.29, 0.717) is 48.9 Å². The molecule has 0 aromatic carbocycles. The molecule has 0 aliphatic carbocycles. The molecule has 2 aliphatic rings. The molecule has 4 heterocycles. The van der Waals surface area contributed by atoms with Crippen molar-refractivity contribution in [2.24, 2.45) is 0 Å². The third-order valence-electron chi connectivity index (χ3n) is 5.36. The zero-order chi connectivity index (χ0) is 20.4. The number of amides is 1. The van der Waals surface area contributed by atoms with Gasteiger partial charge >= 0.3 is 0 Å². The minimum atomic E-state index is -2.90. The summed E-state index contributed by atoms with van der Waals surface area (Å²) in [5.41, 5.74) is 1.41. The van der Waals surface area contributed by atoms with Gasteiger partial charge in [0.1, 0.15) is 10.8 Å². The van der Waals surface area contributed by atoms with E-state index in [4.69, 9.17) is 4.52 Å². The summed E-state index contributed by atoms with van der Waals surface area (Å²) in [5.74, 6) is 1.82. The first-order valence-electron chi connectivity index (χ1n) is 9.65. The third kappa shape index (κ3) is 4.81. The Balaban J connectivity index is 1.37. The van der Waals surface area contributed by atoms with Gasteiger partial charge in [-0.1, -0.05) is 16.9 Å². The lowest BCUT2D eigenvalue weighted by atomic mass is 10.1. The lowest BCUT2D eigenvalue weighted by Crippen LogP contribution is -2.52. The van der Waals surface area contributed by atoms with E-state index in [9.17, 15) is 13.2 Å². The molecule has 2 aromatic heterocycles. The molecule has 1 amide bonds. The molecule has 1 unspecified atom stereocenters. The fraction of sp³-hybridized carbons (Fsp3) is 0.526. The van der Waals surface area contributed by atoms with Crippen molar-refractivity contribution >= 4 is 27.5 Å². The number of aromatic nitrogens is 2. The van der Waals surface area contributed by atoms with Gasteiger partial charge in [-0.15, -0.1) is 0 Å². The first kappa shape index (κ1) is 20.4. The van der Waals surface area contributed by atoms with E-state index in [-0.39, 0.29) is 23.5 Å². The van der Waals surface area contributed by atoms with Crippen LogP contribution in [0.25, 0.3) is 0 Å². The van der Waals surface area contributed by atoms with Crippen molar-refractivity contribution in [1.29, 1.82) is 0 Å². The Kier molecular flexibility index (Phi) is 5.93.